The molecule has 0 aliphatic heterocycles. The van der Waals surface area contributed by atoms with E-state index in [9.17, 15) is 18.0 Å². The molecule has 9 heteroatoms. The lowest BCUT2D eigenvalue weighted by molar-refractivity contribution is -0.141. The summed E-state index contributed by atoms with van der Waals surface area (Å²) in [7, 11) is 0. The van der Waals surface area contributed by atoms with Crippen LogP contribution in [0.25, 0.3) is 0 Å². The quantitative estimate of drug-likeness (QED) is 0.855. The summed E-state index contributed by atoms with van der Waals surface area (Å²) in [5.41, 5.74) is -0.635. The van der Waals surface area contributed by atoms with Crippen LogP contribution in [0.1, 0.15) is 24.4 Å². The van der Waals surface area contributed by atoms with Gasteiger partial charge in [-0.05, 0) is 32.0 Å². The van der Waals surface area contributed by atoms with E-state index >= 15 is 0 Å². The Hall–Kier alpha value is -1.73. The maximum Gasteiger partial charge on any atom is 0.435 e. The van der Waals surface area contributed by atoms with E-state index in [4.69, 9.17) is 23.2 Å². The third kappa shape index (κ3) is 3.79. The maximum atomic E-state index is 12.7. The Morgan fingerprint density at radius 1 is 1.30 bits per heavy atom. The Morgan fingerprint density at radius 2 is 1.87 bits per heavy atom. The molecule has 2 aromatic rings. The normalized spacial score (nSPS) is 13.0. The summed E-state index contributed by atoms with van der Waals surface area (Å²) >= 11 is 11.9. The summed E-state index contributed by atoms with van der Waals surface area (Å²) in [6, 6.07) is 4.59. The van der Waals surface area contributed by atoms with Gasteiger partial charge in [0.15, 0.2) is 5.69 Å². The van der Waals surface area contributed by atoms with Crippen LogP contribution in [0.4, 0.5) is 18.9 Å². The molecule has 0 bridgehead atoms. The number of rotatable bonds is 3. The molecule has 0 aliphatic rings. The highest BCUT2D eigenvalue weighted by Crippen LogP contribution is 2.32. The van der Waals surface area contributed by atoms with Gasteiger partial charge < -0.3 is 5.32 Å². The predicted octanol–water partition coefficient (Wildman–Crippen LogP) is 4.72. The molecule has 1 unspecified atom stereocenters. The van der Waals surface area contributed by atoms with Crippen molar-refractivity contribution in [1.82, 2.24) is 9.78 Å². The van der Waals surface area contributed by atoms with Crippen LogP contribution in [0.5, 0.6) is 0 Å². The number of nitrogens with one attached hydrogen (secondary N) is 1. The predicted molar refractivity (Wildman–Crippen MR) is 81.8 cm³/mol. The number of hydrogen-bond donors (Lipinski definition) is 1. The topological polar surface area (TPSA) is 46.9 Å². The van der Waals surface area contributed by atoms with Crippen LogP contribution in [0.2, 0.25) is 10.0 Å². The molecular formula is C14H12Cl2F3N3O. The minimum absolute atomic E-state index is 0.202. The lowest BCUT2D eigenvalue weighted by atomic mass is 10.2. The lowest BCUT2D eigenvalue weighted by Gasteiger charge is -2.16. The molecule has 0 fully saturated rings. The molecule has 4 nitrogen and oxygen atoms in total. The van der Waals surface area contributed by atoms with Gasteiger partial charge in [-0.25, -0.2) is 0 Å². The highest BCUT2D eigenvalue weighted by atomic mass is 35.5. The van der Waals surface area contributed by atoms with Gasteiger partial charge >= 0.3 is 6.18 Å². The zero-order chi connectivity index (χ0) is 17.4. The van der Waals surface area contributed by atoms with Crippen LogP contribution in [0.3, 0.4) is 0 Å². The fourth-order valence-corrected chi connectivity index (χ4v) is 2.47. The third-order valence-electron chi connectivity index (χ3n) is 3.17. The fourth-order valence-electron chi connectivity index (χ4n) is 1.97. The fraction of sp³-hybridized carbons (Fsp3) is 0.286. The van der Waals surface area contributed by atoms with E-state index in [0.717, 1.165) is 10.7 Å². The molecule has 1 heterocycles. The minimum Gasteiger partial charge on any atom is -0.322 e. The first kappa shape index (κ1) is 17.6. The number of para-hydroxylation sites is 1. The average Bonchev–Trinajstić information content (AvgIpc) is 2.84. The molecule has 1 aromatic carbocycles. The van der Waals surface area contributed by atoms with Crippen molar-refractivity contribution in [2.45, 2.75) is 26.1 Å². The molecule has 1 aromatic heterocycles. The maximum absolute atomic E-state index is 12.7. The van der Waals surface area contributed by atoms with Crippen LogP contribution in [-0.4, -0.2) is 15.7 Å². The van der Waals surface area contributed by atoms with Crippen molar-refractivity contribution in [1.29, 1.82) is 0 Å². The van der Waals surface area contributed by atoms with Crippen LogP contribution in [-0.2, 0) is 11.0 Å². The highest BCUT2D eigenvalue weighted by molar-refractivity contribution is 6.39. The van der Waals surface area contributed by atoms with Crippen molar-refractivity contribution < 1.29 is 18.0 Å². The SMILES string of the molecule is Cc1cc(C(F)(F)F)nn1C(C)C(=O)Nc1c(Cl)cccc1Cl. The number of halogens is 5. The molecule has 0 saturated heterocycles. The van der Waals surface area contributed by atoms with Gasteiger partial charge in [0, 0.05) is 5.69 Å². The molecule has 0 spiro atoms. The lowest BCUT2D eigenvalue weighted by Crippen LogP contribution is -2.25. The van der Waals surface area contributed by atoms with Crippen LogP contribution in [0.15, 0.2) is 24.3 Å². The molecule has 0 saturated carbocycles. The van der Waals surface area contributed by atoms with E-state index in [1.54, 1.807) is 6.07 Å². The third-order valence-corrected chi connectivity index (χ3v) is 3.80. The zero-order valence-corrected chi connectivity index (χ0v) is 13.6. The van der Waals surface area contributed by atoms with Crippen molar-refractivity contribution in [3.8, 4) is 0 Å². The van der Waals surface area contributed by atoms with Crippen LogP contribution < -0.4 is 5.32 Å². The number of aromatic nitrogens is 2. The van der Waals surface area contributed by atoms with Crippen molar-refractivity contribution in [2.75, 3.05) is 5.32 Å². The standard InChI is InChI=1S/C14H12Cl2F3N3O/c1-7-6-11(14(17,18)19)21-22(7)8(2)13(23)20-12-9(15)4-3-5-10(12)16/h3-6,8H,1-2H3,(H,20,23). The van der Waals surface area contributed by atoms with Gasteiger partial charge in [0.05, 0.1) is 15.7 Å². The number of hydrogen-bond acceptors (Lipinski definition) is 2. The molecule has 1 amide bonds. The van der Waals surface area contributed by atoms with Gasteiger partial charge in [-0.2, -0.15) is 18.3 Å². The van der Waals surface area contributed by atoms with E-state index in [1.165, 1.54) is 26.0 Å². The number of amides is 1. The second kappa shape index (κ2) is 6.41. The largest absolute Gasteiger partial charge is 0.435 e. The van der Waals surface area contributed by atoms with Crippen LogP contribution in [0, 0.1) is 6.92 Å². The Bertz CT molecular complexity index is 723. The number of carbonyl (C=O) groups is 1. The van der Waals surface area contributed by atoms with E-state index in [0.29, 0.717) is 0 Å². The van der Waals surface area contributed by atoms with Crippen molar-refractivity contribution in [2.24, 2.45) is 0 Å². The first-order valence-electron chi connectivity index (χ1n) is 6.49. The Labute approximate surface area is 140 Å². The van der Waals surface area contributed by atoms with E-state index < -0.39 is 23.8 Å². The number of nitrogens with zero attached hydrogens (tertiary/aromatic N) is 2. The number of carbonyl (C=O) groups excluding carboxylic acids is 1. The Morgan fingerprint density at radius 3 is 2.35 bits per heavy atom. The first-order valence-corrected chi connectivity index (χ1v) is 7.25. The van der Waals surface area contributed by atoms with Crippen LogP contribution >= 0.6 is 23.2 Å². The summed E-state index contributed by atoms with van der Waals surface area (Å²) in [6.45, 7) is 2.87. The summed E-state index contributed by atoms with van der Waals surface area (Å²) in [5, 5.41) is 6.42. The van der Waals surface area contributed by atoms with Crippen molar-refractivity contribution in [3.05, 3.63) is 45.7 Å². The van der Waals surface area contributed by atoms with Gasteiger partial charge in [0.1, 0.15) is 6.04 Å². The second-order valence-electron chi connectivity index (χ2n) is 4.88. The molecule has 0 radical (unpaired) electrons. The first-order chi connectivity index (χ1) is 10.6. The molecule has 124 valence electrons. The minimum atomic E-state index is -4.57. The highest BCUT2D eigenvalue weighted by Gasteiger charge is 2.35. The van der Waals surface area contributed by atoms with Gasteiger partial charge in [0.2, 0.25) is 5.91 Å². The Kier molecular flexibility index (Phi) is 4.91. The monoisotopic (exact) mass is 365 g/mol. The van der Waals surface area contributed by atoms with Gasteiger partial charge in [-0.1, -0.05) is 29.3 Å². The Balaban J connectivity index is 2.25. The zero-order valence-electron chi connectivity index (χ0n) is 12.1. The summed E-state index contributed by atoms with van der Waals surface area (Å²) in [6.07, 6.45) is -4.57. The van der Waals surface area contributed by atoms with E-state index in [-0.39, 0.29) is 21.4 Å². The smallest absolute Gasteiger partial charge is 0.322 e. The number of anilines is 1. The van der Waals surface area contributed by atoms with Crippen molar-refractivity contribution in [3.63, 3.8) is 0 Å². The number of benzene rings is 1. The summed E-state index contributed by atoms with van der Waals surface area (Å²) in [5.74, 6) is -0.583. The second-order valence-corrected chi connectivity index (χ2v) is 5.69. The summed E-state index contributed by atoms with van der Waals surface area (Å²) < 4.78 is 39.1. The van der Waals surface area contributed by atoms with Gasteiger partial charge in [0.25, 0.3) is 0 Å². The molecule has 1 N–H and O–H groups in total. The van der Waals surface area contributed by atoms with Gasteiger partial charge in [-0.3, -0.25) is 9.48 Å². The molecule has 1 atom stereocenters. The number of alkyl halides is 3. The average molecular weight is 366 g/mol. The van der Waals surface area contributed by atoms with Crippen molar-refractivity contribution >= 4 is 34.8 Å². The molecule has 23 heavy (non-hydrogen) atoms. The van der Waals surface area contributed by atoms with E-state index in [1.807, 2.05) is 0 Å². The molecule has 2 rings (SSSR count). The molecular weight excluding hydrogens is 354 g/mol. The summed E-state index contributed by atoms with van der Waals surface area (Å²) in [4.78, 5) is 12.3. The van der Waals surface area contributed by atoms with E-state index in [2.05, 4.69) is 10.4 Å². The molecule has 0 aliphatic carbocycles. The van der Waals surface area contributed by atoms with Gasteiger partial charge in [-0.15, -0.1) is 0 Å². The number of aryl methyl sites for hydroxylation is 1.